The second-order valence-electron chi connectivity index (χ2n) is 5.94. The van der Waals surface area contributed by atoms with Gasteiger partial charge in [0.05, 0.1) is 18.2 Å². The fraction of sp³-hybridized carbons (Fsp3) is 0.143. The van der Waals surface area contributed by atoms with Crippen molar-refractivity contribution in [3.8, 4) is 0 Å². The van der Waals surface area contributed by atoms with Crippen molar-refractivity contribution in [3.05, 3.63) is 89.4 Å². The fourth-order valence-electron chi connectivity index (χ4n) is 2.75. The minimum absolute atomic E-state index is 0. The zero-order valence-electron chi connectivity index (χ0n) is 14.5. The summed E-state index contributed by atoms with van der Waals surface area (Å²) in [5.41, 5.74) is 1.66. The molecule has 4 rings (SSSR count). The molecule has 0 radical (unpaired) electrons. The van der Waals surface area contributed by atoms with E-state index in [0.29, 0.717) is 17.3 Å². The van der Waals surface area contributed by atoms with Gasteiger partial charge in [-0.1, -0.05) is 11.6 Å². The average Bonchev–Trinajstić information content (AvgIpc) is 3.39. The summed E-state index contributed by atoms with van der Waals surface area (Å²) in [7, 11) is 0. The minimum Gasteiger partial charge on any atom is -0.748 e. The van der Waals surface area contributed by atoms with Crippen LogP contribution in [0.15, 0.2) is 78.9 Å². The zero-order chi connectivity index (χ0) is 18.4. The van der Waals surface area contributed by atoms with Crippen LogP contribution in [0.2, 0.25) is 5.02 Å². The Labute approximate surface area is 174 Å². The Kier molecular flexibility index (Phi) is 8.01. The number of imide groups is 1. The number of nitrogens with zero attached hydrogens (tertiary/aromatic N) is 1. The van der Waals surface area contributed by atoms with Gasteiger partial charge in [0.25, 0.3) is 5.91 Å². The van der Waals surface area contributed by atoms with Crippen LogP contribution < -0.4 is 10.2 Å². The predicted molar refractivity (Wildman–Crippen MR) is 103 cm³/mol. The Morgan fingerprint density at radius 1 is 1.11 bits per heavy atom. The Hall–Kier alpha value is -2.17. The number of benzene rings is 1. The SMILES string of the molecule is O=C1CC(NC[c-]2[cH-][cH-][cH-][cH-]2)C(=O)N1c1ccc(Cl)cc1.[Fe].c1cc[cH-]c1. The first-order chi connectivity index (χ1) is 12.6. The summed E-state index contributed by atoms with van der Waals surface area (Å²) in [4.78, 5) is 25.7. The maximum atomic E-state index is 12.4. The predicted octanol–water partition coefficient (Wildman–Crippen LogP) is 3.88. The molecular weight excluding hydrogens is 404 g/mol. The molecule has 1 unspecified atom stereocenters. The molecule has 1 atom stereocenters. The molecule has 2 amide bonds. The van der Waals surface area contributed by atoms with Crippen LogP contribution in [0.5, 0.6) is 0 Å². The number of carbonyl (C=O) groups is 2. The molecule has 3 aromatic rings. The molecule has 0 aromatic heterocycles. The van der Waals surface area contributed by atoms with Crippen molar-refractivity contribution in [2.24, 2.45) is 0 Å². The van der Waals surface area contributed by atoms with Crippen LogP contribution in [-0.2, 0) is 33.2 Å². The molecule has 1 aliphatic rings. The van der Waals surface area contributed by atoms with E-state index >= 15 is 0 Å². The van der Waals surface area contributed by atoms with Gasteiger partial charge in [-0.15, -0.1) is 0 Å². The van der Waals surface area contributed by atoms with Crippen molar-refractivity contribution in [1.82, 2.24) is 5.32 Å². The molecule has 1 heterocycles. The first-order valence-electron chi connectivity index (χ1n) is 8.38. The summed E-state index contributed by atoms with van der Waals surface area (Å²) >= 11 is 5.83. The van der Waals surface area contributed by atoms with Gasteiger partial charge in [-0.3, -0.25) is 9.59 Å². The van der Waals surface area contributed by atoms with Crippen LogP contribution in [0.1, 0.15) is 12.0 Å². The second kappa shape index (κ2) is 10.2. The maximum absolute atomic E-state index is 12.4. The quantitative estimate of drug-likeness (QED) is 0.394. The van der Waals surface area contributed by atoms with Crippen molar-refractivity contribution in [1.29, 1.82) is 0 Å². The summed E-state index contributed by atoms with van der Waals surface area (Å²) in [6.45, 7) is 0.575. The Morgan fingerprint density at radius 2 is 1.74 bits per heavy atom. The van der Waals surface area contributed by atoms with Crippen LogP contribution in [-0.4, -0.2) is 17.9 Å². The summed E-state index contributed by atoms with van der Waals surface area (Å²) < 4.78 is 0. The summed E-state index contributed by atoms with van der Waals surface area (Å²) in [5.74, 6) is -0.406. The van der Waals surface area contributed by atoms with E-state index in [1.54, 1.807) is 24.3 Å². The Bertz CT molecular complexity index is 812. The van der Waals surface area contributed by atoms with Crippen LogP contribution in [0.4, 0.5) is 5.69 Å². The van der Waals surface area contributed by atoms with Crippen LogP contribution >= 0.6 is 11.6 Å². The Morgan fingerprint density at radius 3 is 2.30 bits per heavy atom. The van der Waals surface area contributed by atoms with Gasteiger partial charge in [0, 0.05) is 22.1 Å². The molecular formula is C21H19ClFeN2O2-6. The molecule has 1 aliphatic heterocycles. The number of rotatable bonds is 4. The van der Waals surface area contributed by atoms with E-state index in [1.807, 2.05) is 54.6 Å². The molecule has 1 saturated heterocycles. The third-order valence-corrected chi connectivity index (χ3v) is 4.32. The van der Waals surface area contributed by atoms with Crippen LogP contribution in [0.3, 0.4) is 0 Å². The largest absolute Gasteiger partial charge is 0.748 e. The Balaban J connectivity index is 0.000000379. The van der Waals surface area contributed by atoms with E-state index in [2.05, 4.69) is 5.32 Å². The monoisotopic (exact) mass is 422 g/mol. The van der Waals surface area contributed by atoms with Crippen molar-refractivity contribution in [3.63, 3.8) is 0 Å². The number of halogens is 1. The van der Waals surface area contributed by atoms with E-state index in [9.17, 15) is 9.59 Å². The molecule has 0 bridgehead atoms. The molecule has 1 N–H and O–H groups in total. The molecule has 6 heteroatoms. The van der Waals surface area contributed by atoms with E-state index < -0.39 is 6.04 Å². The van der Waals surface area contributed by atoms with Gasteiger partial charge in [0.2, 0.25) is 5.91 Å². The van der Waals surface area contributed by atoms with Gasteiger partial charge in [-0.25, -0.2) is 17.0 Å². The smallest absolute Gasteiger partial charge is 0.251 e. The third kappa shape index (κ3) is 5.65. The van der Waals surface area contributed by atoms with Gasteiger partial charge in [0.1, 0.15) is 0 Å². The molecule has 146 valence electrons. The molecule has 0 aliphatic carbocycles. The maximum Gasteiger partial charge on any atom is 0.251 e. The number of anilines is 1. The molecule has 1 fully saturated rings. The van der Waals surface area contributed by atoms with E-state index in [4.69, 9.17) is 11.6 Å². The number of hydrogen-bond acceptors (Lipinski definition) is 3. The topological polar surface area (TPSA) is 49.4 Å². The first-order valence-corrected chi connectivity index (χ1v) is 8.76. The number of nitrogens with one attached hydrogen (secondary N) is 1. The molecule has 4 nitrogen and oxygen atoms in total. The summed E-state index contributed by atoms with van der Waals surface area (Å²) in [6.07, 6.45) is 0.183. The van der Waals surface area contributed by atoms with Crippen molar-refractivity contribution in [2.45, 2.75) is 19.0 Å². The standard InChI is InChI=1S/C16H14ClN2O2.C5H5.Fe/c17-12-5-7-13(8-6-12)19-15(20)9-14(16(19)21)18-10-11-3-1-2-4-11;1-2-4-5-3-1;/h1-8,14,18H,9-10H2;1-5H;/q-5;-1;. The van der Waals surface area contributed by atoms with Gasteiger partial charge in [0.15, 0.2) is 0 Å². The normalized spacial score (nSPS) is 15.9. The molecule has 3 aromatic carbocycles. The van der Waals surface area contributed by atoms with Gasteiger partial charge in [-0.05, 0) is 24.3 Å². The number of hydrogen-bond donors (Lipinski definition) is 1. The van der Waals surface area contributed by atoms with Crippen LogP contribution in [0.25, 0.3) is 0 Å². The van der Waals surface area contributed by atoms with Crippen molar-refractivity contribution >= 4 is 29.1 Å². The molecule has 27 heavy (non-hydrogen) atoms. The number of carbonyl (C=O) groups excluding carboxylic acids is 2. The molecule has 0 spiro atoms. The second-order valence-corrected chi connectivity index (χ2v) is 6.37. The summed E-state index contributed by atoms with van der Waals surface area (Å²) in [5, 5.41) is 3.71. The van der Waals surface area contributed by atoms with Gasteiger partial charge >= 0.3 is 0 Å². The minimum atomic E-state index is -0.469. The fourth-order valence-corrected chi connectivity index (χ4v) is 2.87. The third-order valence-electron chi connectivity index (χ3n) is 4.07. The van der Waals surface area contributed by atoms with E-state index in [0.717, 1.165) is 5.56 Å². The number of amides is 2. The average molecular weight is 423 g/mol. The van der Waals surface area contributed by atoms with Crippen LogP contribution in [0, 0.1) is 0 Å². The van der Waals surface area contributed by atoms with Gasteiger partial charge < -0.3 is 35.1 Å². The summed E-state index contributed by atoms with van der Waals surface area (Å²) in [6, 6.07) is 24.1. The zero-order valence-corrected chi connectivity index (χ0v) is 16.4. The van der Waals surface area contributed by atoms with E-state index in [1.165, 1.54) is 4.90 Å². The van der Waals surface area contributed by atoms with Gasteiger partial charge in [-0.2, -0.15) is 24.7 Å². The first kappa shape index (κ1) is 21.1. The van der Waals surface area contributed by atoms with Crippen molar-refractivity contribution in [2.75, 3.05) is 4.90 Å². The van der Waals surface area contributed by atoms with Crippen molar-refractivity contribution < 1.29 is 26.7 Å². The van der Waals surface area contributed by atoms with E-state index in [-0.39, 0.29) is 35.3 Å². The molecule has 0 saturated carbocycles.